The minimum Gasteiger partial charge on any atom is -0.492 e. The third-order valence-electron chi connectivity index (χ3n) is 4.63. The van der Waals surface area contributed by atoms with Crippen LogP contribution in [0.15, 0.2) is 54.6 Å². The Hall–Kier alpha value is -2.33. The summed E-state index contributed by atoms with van der Waals surface area (Å²) >= 11 is 0. The summed E-state index contributed by atoms with van der Waals surface area (Å²) in [4.78, 5) is 17.0. The Balaban J connectivity index is 1.50. The zero-order valence-electron chi connectivity index (χ0n) is 14.9. The fourth-order valence-corrected chi connectivity index (χ4v) is 3.24. The average Bonchev–Trinajstić information content (AvgIpc) is 2.68. The Morgan fingerprint density at radius 1 is 0.960 bits per heavy atom. The zero-order chi connectivity index (χ0) is 17.5. The van der Waals surface area contributed by atoms with E-state index in [1.807, 2.05) is 49.4 Å². The Morgan fingerprint density at radius 3 is 2.36 bits per heavy atom. The lowest BCUT2D eigenvalue weighted by Gasteiger charge is -2.36. The van der Waals surface area contributed by atoms with Gasteiger partial charge in [0, 0.05) is 44.7 Å². The monoisotopic (exact) mass is 338 g/mol. The number of anilines is 1. The van der Waals surface area contributed by atoms with E-state index in [-0.39, 0.29) is 5.78 Å². The van der Waals surface area contributed by atoms with E-state index in [2.05, 4.69) is 21.9 Å². The van der Waals surface area contributed by atoms with Gasteiger partial charge in [-0.3, -0.25) is 9.69 Å². The van der Waals surface area contributed by atoms with Crippen molar-refractivity contribution >= 4 is 11.5 Å². The van der Waals surface area contributed by atoms with Crippen molar-refractivity contribution in [1.82, 2.24) is 4.90 Å². The van der Waals surface area contributed by atoms with Gasteiger partial charge in [0.1, 0.15) is 5.75 Å². The highest BCUT2D eigenvalue weighted by atomic mass is 16.5. The minimum absolute atomic E-state index is 0.227. The normalized spacial score (nSPS) is 15.2. The van der Waals surface area contributed by atoms with Crippen LogP contribution in [0, 0.1) is 0 Å². The van der Waals surface area contributed by atoms with Crippen LogP contribution in [0.2, 0.25) is 0 Å². The first-order valence-corrected chi connectivity index (χ1v) is 9.05. The highest BCUT2D eigenvalue weighted by molar-refractivity contribution is 5.96. The maximum atomic E-state index is 12.2. The molecule has 2 aromatic rings. The van der Waals surface area contributed by atoms with Gasteiger partial charge < -0.3 is 9.64 Å². The number of carbonyl (C=O) groups excluding carboxylic acids is 1. The molecule has 0 N–H and O–H groups in total. The molecule has 0 saturated carbocycles. The molecule has 0 atom stereocenters. The first kappa shape index (κ1) is 17.5. The van der Waals surface area contributed by atoms with Gasteiger partial charge in [-0.15, -0.1) is 0 Å². The van der Waals surface area contributed by atoms with Crippen molar-refractivity contribution in [3.63, 3.8) is 0 Å². The maximum absolute atomic E-state index is 12.2. The lowest BCUT2D eigenvalue weighted by molar-refractivity contribution is 0.0962. The van der Waals surface area contributed by atoms with Crippen LogP contribution < -0.4 is 9.64 Å². The van der Waals surface area contributed by atoms with Crippen molar-refractivity contribution < 1.29 is 9.53 Å². The quantitative estimate of drug-likeness (QED) is 0.724. The lowest BCUT2D eigenvalue weighted by Crippen LogP contribution is -2.47. The molecule has 4 heteroatoms. The molecule has 0 bridgehead atoms. The van der Waals surface area contributed by atoms with Crippen LogP contribution in [0.25, 0.3) is 0 Å². The highest BCUT2D eigenvalue weighted by Crippen LogP contribution is 2.28. The van der Waals surface area contributed by atoms with E-state index >= 15 is 0 Å². The fourth-order valence-electron chi connectivity index (χ4n) is 3.24. The van der Waals surface area contributed by atoms with E-state index < -0.39 is 0 Å². The molecule has 1 saturated heterocycles. The van der Waals surface area contributed by atoms with Crippen LogP contribution in [0.3, 0.4) is 0 Å². The second-order valence-electron chi connectivity index (χ2n) is 6.27. The van der Waals surface area contributed by atoms with Gasteiger partial charge >= 0.3 is 0 Å². The smallest absolute Gasteiger partial charge is 0.164 e. The summed E-state index contributed by atoms with van der Waals surface area (Å²) in [7, 11) is 0. The predicted octanol–water partition coefficient (Wildman–Crippen LogP) is 3.48. The van der Waals surface area contributed by atoms with Crippen LogP contribution in [-0.2, 0) is 0 Å². The average molecular weight is 338 g/mol. The SMILES string of the molecule is CCOc1ccccc1N1CCN(CCC(=O)c2ccccc2)CC1. The molecule has 1 heterocycles. The van der Waals surface area contributed by atoms with Gasteiger partial charge in [0.05, 0.1) is 12.3 Å². The molecule has 1 aliphatic rings. The number of hydrogen-bond acceptors (Lipinski definition) is 4. The Labute approximate surface area is 150 Å². The summed E-state index contributed by atoms with van der Waals surface area (Å²) < 4.78 is 5.75. The molecule has 0 aliphatic carbocycles. The molecule has 0 spiro atoms. The van der Waals surface area contributed by atoms with Crippen LogP contribution in [0.5, 0.6) is 5.75 Å². The number of rotatable bonds is 7. The third kappa shape index (κ3) is 4.60. The van der Waals surface area contributed by atoms with Gasteiger partial charge in [-0.05, 0) is 19.1 Å². The molecule has 0 amide bonds. The molecule has 1 aliphatic heterocycles. The summed E-state index contributed by atoms with van der Waals surface area (Å²) in [6, 6.07) is 17.8. The molecular weight excluding hydrogens is 312 g/mol. The summed E-state index contributed by atoms with van der Waals surface area (Å²) in [6.07, 6.45) is 0.583. The Kier molecular flexibility index (Phi) is 6.07. The van der Waals surface area contributed by atoms with E-state index in [1.54, 1.807) is 0 Å². The highest BCUT2D eigenvalue weighted by Gasteiger charge is 2.20. The summed E-state index contributed by atoms with van der Waals surface area (Å²) in [5, 5.41) is 0. The molecule has 3 rings (SSSR count). The van der Waals surface area contributed by atoms with Crippen LogP contribution in [0.1, 0.15) is 23.7 Å². The molecule has 4 nitrogen and oxygen atoms in total. The van der Waals surface area contributed by atoms with Crippen molar-refractivity contribution in [1.29, 1.82) is 0 Å². The van der Waals surface area contributed by atoms with Gasteiger partial charge in [0.15, 0.2) is 5.78 Å². The Bertz CT molecular complexity index is 679. The third-order valence-corrected chi connectivity index (χ3v) is 4.63. The number of benzene rings is 2. The van der Waals surface area contributed by atoms with Gasteiger partial charge in [0.2, 0.25) is 0 Å². The number of para-hydroxylation sites is 2. The minimum atomic E-state index is 0.227. The second kappa shape index (κ2) is 8.67. The van der Waals surface area contributed by atoms with Crippen LogP contribution in [0.4, 0.5) is 5.69 Å². The number of ketones is 1. The van der Waals surface area contributed by atoms with Crippen molar-refractivity contribution in [2.45, 2.75) is 13.3 Å². The molecule has 0 radical (unpaired) electrons. The molecule has 132 valence electrons. The Morgan fingerprint density at radius 2 is 1.64 bits per heavy atom. The fraction of sp³-hybridized carbons (Fsp3) is 0.381. The van der Waals surface area contributed by atoms with Gasteiger partial charge in [-0.1, -0.05) is 42.5 Å². The van der Waals surface area contributed by atoms with Crippen molar-refractivity contribution in [3.8, 4) is 5.75 Å². The van der Waals surface area contributed by atoms with Gasteiger partial charge in [0.25, 0.3) is 0 Å². The molecule has 0 unspecified atom stereocenters. The van der Waals surface area contributed by atoms with E-state index in [0.29, 0.717) is 13.0 Å². The maximum Gasteiger partial charge on any atom is 0.164 e. The van der Waals surface area contributed by atoms with Crippen LogP contribution in [-0.4, -0.2) is 50.0 Å². The molecule has 0 aromatic heterocycles. The first-order valence-electron chi connectivity index (χ1n) is 9.05. The standard InChI is InChI=1S/C21H26N2O2/c1-2-25-21-11-7-6-10-19(21)23-16-14-22(15-17-23)13-12-20(24)18-8-4-3-5-9-18/h3-11H,2,12-17H2,1H3. The summed E-state index contributed by atoms with van der Waals surface area (Å²) in [5.74, 6) is 1.18. The number of nitrogens with zero attached hydrogens (tertiary/aromatic N) is 2. The van der Waals surface area contributed by atoms with Crippen molar-refractivity contribution in [3.05, 3.63) is 60.2 Å². The van der Waals surface area contributed by atoms with E-state index in [4.69, 9.17) is 4.74 Å². The topological polar surface area (TPSA) is 32.8 Å². The second-order valence-corrected chi connectivity index (χ2v) is 6.27. The van der Waals surface area contributed by atoms with Gasteiger partial charge in [-0.25, -0.2) is 0 Å². The van der Waals surface area contributed by atoms with Crippen molar-refractivity contribution in [2.75, 3.05) is 44.2 Å². The van der Waals surface area contributed by atoms with E-state index in [0.717, 1.165) is 44.0 Å². The van der Waals surface area contributed by atoms with E-state index in [1.165, 1.54) is 5.69 Å². The van der Waals surface area contributed by atoms with Crippen molar-refractivity contribution in [2.24, 2.45) is 0 Å². The molecule has 25 heavy (non-hydrogen) atoms. The number of ether oxygens (including phenoxy) is 1. The molecular formula is C21H26N2O2. The number of hydrogen-bond donors (Lipinski definition) is 0. The predicted molar refractivity (Wildman–Crippen MR) is 102 cm³/mol. The number of piperazine rings is 1. The van der Waals surface area contributed by atoms with Crippen LogP contribution >= 0.6 is 0 Å². The molecule has 2 aromatic carbocycles. The largest absolute Gasteiger partial charge is 0.492 e. The lowest BCUT2D eigenvalue weighted by atomic mass is 10.1. The summed E-state index contributed by atoms with van der Waals surface area (Å²) in [6.45, 7) is 7.39. The number of carbonyl (C=O) groups is 1. The summed E-state index contributed by atoms with van der Waals surface area (Å²) in [5.41, 5.74) is 1.98. The van der Waals surface area contributed by atoms with Gasteiger partial charge in [-0.2, -0.15) is 0 Å². The number of Topliss-reactive ketones (excluding diaryl/α,β-unsaturated/α-hetero) is 1. The zero-order valence-corrected chi connectivity index (χ0v) is 14.9. The van der Waals surface area contributed by atoms with E-state index in [9.17, 15) is 4.79 Å². The first-order chi connectivity index (χ1) is 12.3. The molecule has 1 fully saturated rings.